The molecule has 0 radical (unpaired) electrons. The molecule has 4 aromatic rings. The van der Waals surface area contributed by atoms with Crippen LogP contribution in [0, 0.1) is 0 Å². The van der Waals surface area contributed by atoms with Crippen molar-refractivity contribution in [2.75, 3.05) is 12.1 Å². The summed E-state index contributed by atoms with van der Waals surface area (Å²) in [6.07, 6.45) is 4.99. The van der Waals surface area contributed by atoms with Crippen LogP contribution >= 0.6 is 11.3 Å². The SMILES string of the molecule is O=C(/C=C/c1ccc2c(c1)OCO2)Nc1ccc(-c2nc3cccnc3s2)cc1. The Balaban J connectivity index is 1.26. The number of thiazole rings is 1. The summed E-state index contributed by atoms with van der Waals surface area (Å²) in [6.45, 7) is 0.229. The number of fused-ring (bicyclic) bond motifs is 2. The quantitative estimate of drug-likeness (QED) is 0.500. The third kappa shape index (κ3) is 3.68. The molecule has 6 nitrogen and oxygen atoms in total. The fourth-order valence-electron chi connectivity index (χ4n) is 2.96. The first kappa shape index (κ1) is 17.4. The van der Waals surface area contributed by atoms with Crippen molar-refractivity contribution in [3.63, 3.8) is 0 Å². The molecule has 2 aromatic heterocycles. The molecule has 29 heavy (non-hydrogen) atoms. The molecule has 142 valence electrons. The number of aromatic nitrogens is 2. The fraction of sp³-hybridized carbons (Fsp3) is 0.0455. The predicted molar refractivity (Wildman–Crippen MR) is 113 cm³/mol. The summed E-state index contributed by atoms with van der Waals surface area (Å²) in [5, 5.41) is 3.76. The number of ether oxygens (including phenoxy) is 2. The van der Waals surface area contributed by atoms with Crippen molar-refractivity contribution < 1.29 is 14.3 Å². The smallest absolute Gasteiger partial charge is 0.248 e. The van der Waals surface area contributed by atoms with E-state index in [1.54, 1.807) is 23.6 Å². The van der Waals surface area contributed by atoms with Gasteiger partial charge in [0.25, 0.3) is 0 Å². The first-order chi connectivity index (χ1) is 14.2. The number of anilines is 1. The number of nitrogens with zero attached hydrogens (tertiary/aromatic N) is 2. The molecule has 0 unspecified atom stereocenters. The molecule has 5 rings (SSSR count). The number of carbonyl (C=O) groups is 1. The van der Waals surface area contributed by atoms with Gasteiger partial charge in [0.05, 0.1) is 0 Å². The number of hydrogen-bond donors (Lipinski definition) is 1. The van der Waals surface area contributed by atoms with E-state index in [9.17, 15) is 4.79 Å². The van der Waals surface area contributed by atoms with Gasteiger partial charge in [0.2, 0.25) is 12.7 Å². The van der Waals surface area contributed by atoms with Gasteiger partial charge in [-0.1, -0.05) is 17.4 Å². The second-order valence-corrected chi connectivity index (χ2v) is 7.34. The van der Waals surface area contributed by atoms with E-state index in [4.69, 9.17) is 9.47 Å². The molecular weight excluding hydrogens is 386 g/mol. The van der Waals surface area contributed by atoms with Gasteiger partial charge in [0.15, 0.2) is 11.5 Å². The Morgan fingerprint density at radius 3 is 2.79 bits per heavy atom. The number of benzene rings is 2. The van der Waals surface area contributed by atoms with Crippen molar-refractivity contribution in [3.8, 4) is 22.1 Å². The molecular formula is C22H15N3O3S. The summed E-state index contributed by atoms with van der Waals surface area (Å²) >= 11 is 1.54. The molecule has 1 amide bonds. The zero-order valence-electron chi connectivity index (χ0n) is 15.2. The highest BCUT2D eigenvalue weighted by Gasteiger charge is 2.12. The highest BCUT2D eigenvalue weighted by Crippen LogP contribution is 2.33. The molecule has 0 fully saturated rings. The highest BCUT2D eigenvalue weighted by molar-refractivity contribution is 7.21. The molecule has 0 saturated carbocycles. The Kier molecular flexibility index (Phi) is 4.42. The van der Waals surface area contributed by atoms with Crippen molar-refractivity contribution in [3.05, 3.63) is 72.4 Å². The summed E-state index contributed by atoms with van der Waals surface area (Å²) in [4.78, 5) is 22.1. The number of rotatable bonds is 4. The summed E-state index contributed by atoms with van der Waals surface area (Å²) in [5.74, 6) is 1.20. The molecule has 0 atom stereocenters. The maximum Gasteiger partial charge on any atom is 0.248 e. The van der Waals surface area contributed by atoms with E-state index in [1.807, 2.05) is 54.6 Å². The molecule has 0 bridgehead atoms. The van der Waals surface area contributed by atoms with Gasteiger partial charge in [-0.2, -0.15) is 0 Å². The molecule has 1 aliphatic heterocycles. The van der Waals surface area contributed by atoms with E-state index in [2.05, 4.69) is 15.3 Å². The summed E-state index contributed by atoms with van der Waals surface area (Å²) in [6, 6.07) is 17.0. The lowest BCUT2D eigenvalue weighted by atomic mass is 10.2. The van der Waals surface area contributed by atoms with E-state index >= 15 is 0 Å². The third-order valence-electron chi connectivity index (χ3n) is 4.39. The Labute approximate surface area is 170 Å². The van der Waals surface area contributed by atoms with Crippen molar-refractivity contribution in [2.45, 2.75) is 0 Å². The van der Waals surface area contributed by atoms with Gasteiger partial charge in [0, 0.05) is 23.5 Å². The normalized spacial score (nSPS) is 12.6. The lowest BCUT2D eigenvalue weighted by molar-refractivity contribution is -0.111. The van der Waals surface area contributed by atoms with Crippen LogP contribution in [0.15, 0.2) is 66.9 Å². The topological polar surface area (TPSA) is 73.3 Å². The van der Waals surface area contributed by atoms with Crippen LogP contribution in [-0.4, -0.2) is 22.7 Å². The lowest BCUT2D eigenvalue weighted by Crippen LogP contribution is -2.07. The van der Waals surface area contributed by atoms with E-state index in [0.29, 0.717) is 11.4 Å². The van der Waals surface area contributed by atoms with Crippen molar-refractivity contribution in [1.29, 1.82) is 0 Å². The molecule has 1 N–H and O–H groups in total. The van der Waals surface area contributed by atoms with Crippen LogP contribution in [0.1, 0.15) is 5.56 Å². The predicted octanol–water partition coefficient (Wildman–Crippen LogP) is 4.74. The monoisotopic (exact) mass is 401 g/mol. The van der Waals surface area contributed by atoms with Crippen LogP contribution < -0.4 is 14.8 Å². The Morgan fingerprint density at radius 2 is 1.93 bits per heavy atom. The van der Waals surface area contributed by atoms with Crippen LogP contribution in [0.3, 0.4) is 0 Å². The molecule has 0 spiro atoms. The van der Waals surface area contributed by atoms with Gasteiger partial charge in [-0.25, -0.2) is 9.97 Å². The van der Waals surface area contributed by atoms with E-state index in [0.717, 1.165) is 32.2 Å². The van der Waals surface area contributed by atoms with E-state index in [1.165, 1.54) is 6.08 Å². The molecule has 1 aliphatic rings. The van der Waals surface area contributed by atoms with Gasteiger partial charge in [-0.15, -0.1) is 0 Å². The number of hydrogen-bond acceptors (Lipinski definition) is 6. The van der Waals surface area contributed by atoms with Crippen LogP contribution in [-0.2, 0) is 4.79 Å². The Hall–Kier alpha value is -3.71. The zero-order valence-corrected chi connectivity index (χ0v) is 16.0. The molecule has 3 heterocycles. The average molecular weight is 401 g/mol. The van der Waals surface area contributed by atoms with Crippen molar-refractivity contribution >= 4 is 39.4 Å². The summed E-state index contributed by atoms with van der Waals surface area (Å²) in [7, 11) is 0. The average Bonchev–Trinajstić information content (AvgIpc) is 3.39. The van der Waals surface area contributed by atoms with Crippen molar-refractivity contribution in [2.24, 2.45) is 0 Å². The molecule has 0 aliphatic carbocycles. The van der Waals surface area contributed by atoms with Gasteiger partial charge in [-0.05, 0) is 60.2 Å². The minimum atomic E-state index is -0.209. The Bertz CT molecular complexity index is 1200. The van der Waals surface area contributed by atoms with Crippen molar-refractivity contribution in [1.82, 2.24) is 9.97 Å². The van der Waals surface area contributed by atoms with Gasteiger partial charge in [0.1, 0.15) is 15.4 Å². The molecule has 0 saturated heterocycles. The number of carbonyl (C=O) groups excluding carboxylic acids is 1. The zero-order chi connectivity index (χ0) is 19.6. The minimum absolute atomic E-state index is 0.209. The summed E-state index contributed by atoms with van der Waals surface area (Å²) in [5.41, 5.74) is 3.46. The first-order valence-electron chi connectivity index (χ1n) is 8.95. The van der Waals surface area contributed by atoms with Crippen LogP contribution in [0.25, 0.3) is 27.0 Å². The maximum absolute atomic E-state index is 12.2. The van der Waals surface area contributed by atoms with Gasteiger partial charge < -0.3 is 14.8 Å². The Morgan fingerprint density at radius 1 is 1.07 bits per heavy atom. The lowest BCUT2D eigenvalue weighted by Gasteiger charge is -2.03. The second-order valence-electron chi connectivity index (χ2n) is 6.36. The standard InChI is InChI=1S/C22H15N3O3S/c26-20(10-4-14-3-9-18-19(12-14)28-13-27-18)24-16-7-5-15(6-8-16)21-25-17-2-1-11-23-22(17)29-21/h1-12H,13H2,(H,24,26)/b10-4+. The first-order valence-corrected chi connectivity index (χ1v) is 9.77. The number of nitrogens with one attached hydrogen (secondary N) is 1. The van der Waals surface area contributed by atoms with Crippen LogP contribution in [0.4, 0.5) is 5.69 Å². The highest BCUT2D eigenvalue weighted by atomic mass is 32.1. The number of pyridine rings is 1. The van der Waals surface area contributed by atoms with E-state index < -0.39 is 0 Å². The van der Waals surface area contributed by atoms with Gasteiger partial charge >= 0.3 is 0 Å². The van der Waals surface area contributed by atoms with E-state index in [-0.39, 0.29) is 12.7 Å². The molecule has 2 aromatic carbocycles. The number of amides is 1. The second kappa shape index (κ2) is 7.37. The minimum Gasteiger partial charge on any atom is -0.454 e. The van der Waals surface area contributed by atoms with Crippen LogP contribution in [0.2, 0.25) is 0 Å². The summed E-state index contributed by atoms with van der Waals surface area (Å²) < 4.78 is 10.6. The van der Waals surface area contributed by atoms with Crippen LogP contribution in [0.5, 0.6) is 11.5 Å². The third-order valence-corrected chi connectivity index (χ3v) is 5.42. The maximum atomic E-state index is 12.2. The fourth-order valence-corrected chi connectivity index (χ4v) is 3.87. The molecule has 7 heteroatoms. The van der Waals surface area contributed by atoms with Gasteiger partial charge in [-0.3, -0.25) is 4.79 Å². The largest absolute Gasteiger partial charge is 0.454 e.